The molecule has 2 rings (SSSR count). The summed E-state index contributed by atoms with van der Waals surface area (Å²) in [4.78, 5) is 11.8. The van der Waals surface area contributed by atoms with Gasteiger partial charge in [0.05, 0.1) is 5.71 Å². The first-order chi connectivity index (χ1) is 9.56. The van der Waals surface area contributed by atoms with Crippen LogP contribution in [0, 0.1) is 5.82 Å². The topological polar surface area (TPSA) is 41.5 Å². The van der Waals surface area contributed by atoms with Gasteiger partial charge in [-0.05, 0) is 48.9 Å². The number of amides is 1. The molecule has 0 aliphatic rings. The molecule has 0 spiro atoms. The number of halogens is 2. The molecule has 0 unspecified atom stereocenters. The Morgan fingerprint density at radius 1 is 1.05 bits per heavy atom. The minimum Gasteiger partial charge on any atom is -0.267 e. The molecule has 0 atom stereocenters. The maximum atomic E-state index is 12.7. The molecule has 0 aromatic heterocycles. The Labute approximate surface area is 121 Å². The number of nitrogens with one attached hydrogen (secondary N) is 1. The molecule has 0 heterocycles. The summed E-state index contributed by atoms with van der Waals surface area (Å²) >= 11 is 5.80. The number of carbonyl (C=O) groups is 1. The number of hydrazone groups is 1. The highest BCUT2D eigenvalue weighted by molar-refractivity contribution is 6.30. The van der Waals surface area contributed by atoms with Crippen LogP contribution in [-0.2, 0) is 0 Å². The quantitative estimate of drug-likeness (QED) is 0.680. The molecule has 102 valence electrons. The Kier molecular flexibility index (Phi) is 4.48. The summed E-state index contributed by atoms with van der Waals surface area (Å²) in [5.41, 5.74) is 4.28. The van der Waals surface area contributed by atoms with Crippen molar-refractivity contribution in [2.24, 2.45) is 5.10 Å². The fourth-order valence-corrected chi connectivity index (χ4v) is 1.68. The van der Waals surface area contributed by atoms with Gasteiger partial charge in [-0.2, -0.15) is 5.10 Å². The Morgan fingerprint density at radius 2 is 1.60 bits per heavy atom. The predicted octanol–water partition coefficient (Wildman–Crippen LogP) is 3.63. The van der Waals surface area contributed by atoms with Crippen molar-refractivity contribution in [3.63, 3.8) is 0 Å². The van der Waals surface area contributed by atoms with Gasteiger partial charge in [-0.25, -0.2) is 9.82 Å². The monoisotopic (exact) mass is 290 g/mol. The van der Waals surface area contributed by atoms with Crippen molar-refractivity contribution in [2.75, 3.05) is 0 Å². The molecule has 0 saturated carbocycles. The third-order valence-corrected chi connectivity index (χ3v) is 2.95. The summed E-state index contributed by atoms with van der Waals surface area (Å²) in [6, 6.07) is 12.4. The van der Waals surface area contributed by atoms with E-state index in [0.717, 1.165) is 5.56 Å². The number of nitrogens with zero attached hydrogens (tertiary/aromatic N) is 1. The van der Waals surface area contributed by atoms with Gasteiger partial charge in [-0.15, -0.1) is 0 Å². The second kappa shape index (κ2) is 6.30. The van der Waals surface area contributed by atoms with Crippen molar-refractivity contribution in [3.8, 4) is 0 Å². The lowest BCUT2D eigenvalue weighted by Crippen LogP contribution is -2.19. The van der Waals surface area contributed by atoms with Crippen LogP contribution in [-0.4, -0.2) is 11.6 Å². The smallest absolute Gasteiger partial charge is 0.267 e. The van der Waals surface area contributed by atoms with E-state index in [1.807, 2.05) is 12.1 Å². The summed E-state index contributed by atoms with van der Waals surface area (Å²) < 4.78 is 12.7. The lowest BCUT2D eigenvalue weighted by Gasteiger charge is -2.03. The first-order valence-corrected chi connectivity index (χ1v) is 6.30. The lowest BCUT2D eigenvalue weighted by atomic mass is 10.1. The fraction of sp³-hybridized carbons (Fsp3) is 0.0667. The zero-order chi connectivity index (χ0) is 14.5. The molecule has 0 saturated heterocycles. The van der Waals surface area contributed by atoms with Gasteiger partial charge in [0.1, 0.15) is 5.82 Å². The standard InChI is InChI=1S/C15H12ClFN2O/c1-10(11-2-6-13(16)7-3-11)18-19-15(20)12-4-8-14(17)9-5-12/h2-9H,1H3,(H,19,20). The van der Waals surface area contributed by atoms with Crippen LogP contribution < -0.4 is 5.43 Å². The van der Waals surface area contributed by atoms with Gasteiger partial charge in [-0.1, -0.05) is 23.7 Å². The highest BCUT2D eigenvalue weighted by Gasteiger charge is 2.05. The summed E-state index contributed by atoms with van der Waals surface area (Å²) in [6.07, 6.45) is 0. The average Bonchev–Trinajstić information content (AvgIpc) is 2.46. The lowest BCUT2D eigenvalue weighted by molar-refractivity contribution is 0.0955. The van der Waals surface area contributed by atoms with E-state index in [1.54, 1.807) is 19.1 Å². The summed E-state index contributed by atoms with van der Waals surface area (Å²) in [5, 5.41) is 4.64. The normalized spacial score (nSPS) is 11.2. The minimum absolute atomic E-state index is 0.346. The molecule has 0 bridgehead atoms. The van der Waals surface area contributed by atoms with Crippen molar-refractivity contribution < 1.29 is 9.18 Å². The molecular formula is C15H12ClFN2O. The van der Waals surface area contributed by atoms with Gasteiger partial charge in [0.2, 0.25) is 0 Å². The largest absolute Gasteiger partial charge is 0.271 e. The molecule has 2 aromatic carbocycles. The van der Waals surface area contributed by atoms with Gasteiger partial charge in [-0.3, -0.25) is 4.79 Å². The van der Waals surface area contributed by atoms with Gasteiger partial charge in [0, 0.05) is 10.6 Å². The molecule has 0 radical (unpaired) electrons. The van der Waals surface area contributed by atoms with Crippen LogP contribution in [0.1, 0.15) is 22.8 Å². The first-order valence-electron chi connectivity index (χ1n) is 5.92. The van der Waals surface area contributed by atoms with E-state index in [-0.39, 0.29) is 5.82 Å². The van der Waals surface area contributed by atoms with Crippen molar-refractivity contribution in [1.29, 1.82) is 0 Å². The maximum absolute atomic E-state index is 12.7. The molecule has 2 aromatic rings. The molecule has 5 heteroatoms. The summed E-state index contributed by atoms with van der Waals surface area (Å²) in [6.45, 7) is 1.77. The van der Waals surface area contributed by atoms with Gasteiger partial charge in [0.25, 0.3) is 5.91 Å². The third-order valence-electron chi connectivity index (χ3n) is 2.69. The maximum Gasteiger partial charge on any atom is 0.271 e. The number of hydrogen-bond acceptors (Lipinski definition) is 2. The second-order valence-electron chi connectivity index (χ2n) is 4.15. The number of rotatable bonds is 3. The molecule has 3 nitrogen and oxygen atoms in total. The highest BCUT2D eigenvalue weighted by atomic mass is 35.5. The Balaban J connectivity index is 2.06. The number of hydrogen-bond donors (Lipinski definition) is 1. The summed E-state index contributed by atoms with van der Waals surface area (Å²) in [5.74, 6) is -0.777. The molecule has 20 heavy (non-hydrogen) atoms. The zero-order valence-electron chi connectivity index (χ0n) is 10.7. The SMILES string of the molecule is CC(=NNC(=O)c1ccc(F)cc1)c1ccc(Cl)cc1. The van der Waals surface area contributed by atoms with E-state index in [4.69, 9.17) is 11.6 Å². The Morgan fingerprint density at radius 3 is 2.20 bits per heavy atom. The van der Waals surface area contributed by atoms with Crippen LogP contribution in [0.25, 0.3) is 0 Å². The molecule has 1 amide bonds. The van der Waals surface area contributed by atoms with Crippen molar-refractivity contribution >= 4 is 23.2 Å². The number of carbonyl (C=O) groups excluding carboxylic acids is 1. The average molecular weight is 291 g/mol. The Hall–Kier alpha value is -2.20. The molecule has 0 aliphatic heterocycles. The minimum atomic E-state index is -0.390. The van der Waals surface area contributed by atoms with Crippen molar-refractivity contribution in [1.82, 2.24) is 5.43 Å². The summed E-state index contributed by atoms with van der Waals surface area (Å²) in [7, 11) is 0. The van der Waals surface area contributed by atoms with Crippen LogP contribution >= 0.6 is 11.6 Å². The van der Waals surface area contributed by atoms with Gasteiger partial charge in [0.15, 0.2) is 0 Å². The van der Waals surface area contributed by atoms with E-state index in [9.17, 15) is 9.18 Å². The van der Waals surface area contributed by atoms with Crippen LogP contribution in [0.2, 0.25) is 5.02 Å². The van der Waals surface area contributed by atoms with E-state index >= 15 is 0 Å². The third kappa shape index (κ3) is 3.65. The zero-order valence-corrected chi connectivity index (χ0v) is 11.5. The van der Waals surface area contributed by atoms with E-state index in [1.165, 1.54) is 24.3 Å². The van der Waals surface area contributed by atoms with Crippen molar-refractivity contribution in [2.45, 2.75) is 6.92 Å². The van der Waals surface area contributed by atoms with Crippen molar-refractivity contribution in [3.05, 3.63) is 70.5 Å². The van der Waals surface area contributed by atoms with E-state index < -0.39 is 5.91 Å². The molecule has 0 fully saturated rings. The highest BCUT2D eigenvalue weighted by Crippen LogP contribution is 2.10. The van der Waals surface area contributed by atoms with E-state index in [0.29, 0.717) is 16.3 Å². The van der Waals surface area contributed by atoms with Crippen LogP contribution in [0.5, 0.6) is 0 Å². The van der Waals surface area contributed by atoms with Gasteiger partial charge >= 0.3 is 0 Å². The molecule has 0 aliphatic carbocycles. The Bertz CT molecular complexity index is 636. The van der Waals surface area contributed by atoms with E-state index in [2.05, 4.69) is 10.5 Å². The van der Waals surface area contributed by atoms with Crippen LogP contribution in [0.3, 0.4) is 0 Å². The first kappa shape index (κ1) is 14.2. The molecule has 1 N–H and O–H groups in total. The molecular weight excluding hydrogens is 279 g/mol. The van der Waals surface area contributed by atoms with Crippen LogP contribution in [0.4, 0.5) is 4.39 Å². The second-order valence-corrected chi connectivity index (χ2v) is 4.59. The van der Waals surface area contributed by atoms with Gasteiger partial charge < -0.3 is 0 Å². The van der Waals surface area contributed by atoms with Crippen LogP contribution in [0.15, 0.2) is 53.6 Å². The fourth-order valence-electron chi connectivity index (χ4n) is 1.56. The predicted molar refractivity (Wildman–Crippen MR) is 77.5 cm³/mol. The number of benzene rings is 2.